The molecule has 1 aromatic carbocycles. The monoisotopic (exact) mass is 245 g/mol. The number of hydrogen-bond acceptors (Lipinski definition) is 2. The normalized spacial score (nSPS) is 15.7. The number of ketones is 1. The Hall–Kier alpha value is -1.31. The lowest BCUT2D eigenvalue weighted by atomic mass is 10.1. The zero-order valence-corrected chi connectivity index (χ0v) is 11.5. The highest BCUT2D eigenvalue weighted by atomic mass is 16.1. The van der Waals surface area contributed by atoms with Gasteiger partial charge in [-0.25, -0.2) is 0 Å². The van der Waals surface area contributed by atoms with E-state index in [0.29, 0.717) is 12.2 Å². The van der Waals surface area contributed by atoms with Gasteiger partial charge in [0.2, 0.25) is 0 Å². The Morgan fingerprint density at radius 1 is 1.28 bits per heavy atom. The number of carbonyl (C=O) groups is 1. The average molecular weight is 245 g/mol. The highest BCUT2D eigenvalue weighted by Crippen LogP contribution is 2.26. The van der Waals surface area contributed by atoms with Crippen LogP contribution in [0.25, 0.3) is 0 Å². The number of benzene rings is 1. The van der Waals surface area contributed by atoms with E-state index in [1.807, 2.05) is 18.2 Å². The Bertz CT molecular complexity index is 411. The first kappa shape index (κ1) is 13.1. The standard InChI is InChI=1S/C16H23NO/c1-13(2)7-5-11-17-12-6-10-16(18)14-8-3-4-9-15(14)17/h3-4,8-9,13H,5-7,10-12H2,1-2H3. The lowest BCUT2D eigenvalue weighted by Gasteiger charge is -2.24. The molecule has 1 aromatic rings. The fraction of sp³-hybridized carbons (Fsp3) is 0.562. The minimum Gasteiger partial charge on any atom is -0.371 e. The van der Waals surface area contributed by atoms with Gasteiger partial charge in [0.1, 0.15) is 0 Å². The number of hydrogen-bond donors (Lipinski definition) is 0. The van der Waals surface area contributed by atoms with Gasteiger partial charge >= 0.3 is 0 Å². The van der Waals surface area contributed by atoms with Crippen LogP contribution < -0.4 is 4.90 Å². The second-order valence-corrected chi connectivity index (χ2v) is 5.57. The van der Waals surface area contributed by atoms with E-state index in [1.165, 1.54) is 12.8 Å². The fourth-order valence-electron chi connectivity index (χ4n) is 2.59. The Morgan fingerprint density at radius 3 is 2.83 bits per heavy atom. The molecule has 0 bridgehead atoms. The van der Waals surface area contributed by atoms with Crippen molar-refractivity contribution in [2.45, 2.75) is 39.5 Å². The third kappa shape index (κ3) is 3.12. The summed E-state index contributed by atoms with van der Waals surface area (Å²) < 4.78 is 0. The van der Waals surface area contributed by atoms with Crippen LogP contribution in [-0.4, -0.2) is 18.9 Å². The average Bonchev–Trinajstić information content (AvgIpc) is 2.50. The van der Waals surface area contributed by atoms with Gasteiger partial charge in [-0.2, -0.15) is 0 Å². The van der Waals surface area contributed by atoms with Crippen LogP contribution in [0.1, 0.15) is 49.9 Å². The zero-order chi connectivity index (χ0) is 13.0. The minimum atomic E-state index is 0.303. The molecule has 0 fully saturated rings. The third-order valence-corrected chi connectivity index (χ3v) is 3.59. The molecule has 1 heterocycles. The molecule has 1 aliphatic heterocycles. The molecule has 2 nitrogen and oxygen atoms in total. The van der Waals surface area contributed by atoms with Crippen molar-refractivity contribution >= 4 is 11.5 Å². The molecule has 98 valence electrons. The van der Waals surface area contributed by atoms with Crippen LogP contribution >= 0.6 is 0 Å². The van der Waals surface area contributed by atoms with Gasteiger partial charge < -0.3 is 4.90 Å². The van der Waals surface area contributed by atoms with E-state index in [1.54, 1.807) is 0 Å². The summed E-state index contributed by atoms with van der Waals surface area (Å²) in [6.45, 7) is 6.61. The molecule has 0 spiro atoms. The zero-order valence-electron chi connectivity index (χ0n) is 11.5. The van der Waals surface area contributed by atoms with Crippen LogP contribution in [0.15, 0.2) is 24.3 Å². The van der Waals surface area contributed by atoms with Crippen LogP contribution in [-0.2, 0) is 0 Å². The predicted molar refractivity (Wildman–Crippen MR) is 76.3 cm³/mol. The molecule has 2 heteroatoms. The van der Waals surface area contributed by atoms with Crippen LogP contribution in [0.5, 0.6) is 0 Å². The number of nitrogens with zero attached hydrogens (tertiary/aromatic N) is 1. The van der Waals surface area contributed by atoms with Gasteiger partial charge in [0, 0.05) is 30.8 Å². The maximum absolute atomic E-state index is 12.0. The van der Waals surface area contributed by atoms with Crippen LogP contribution in [0.3, 0.4) is 0 Å². The van der Waals surface area contributed by atoms with Gasteiger partial charge in [-0.05, 0) is 37.3 Å². The molecule has 0 atom stereocenters. The molecule has 2 rings (SSSR count). The van der Waals surface area contributed by atoms with Crippen molar-refractivity contribution in [2.24, 2.45) is 5.92 Å². The van der Waals surface area contributed by atoms with E-state index in [9.17, 15) is 4.79 Å². The number of anilines is 1. The smallest absolute Gasteiger partial charge is 0.165 e. The summed E-state index contributed by atoms with van der Waals surface area (Å²) in [6, 6.07) is 8.06. The van der Waals surface area contributed by atoms with Gasteiger partial charge in [-0.15, -0.1) is 0 Å². The maximum Gasteiger partial charge on any atom is 0.165 e. The second-order valence-electron chi connectivity index (χ2n) is 5.57. The van der Waals surface area contributed by atoms with Crippen LogP contribution in [0, 0.1) is 5.92 Å². The molecule has 0 N–H and O–H groups in total. The SMILES string of the molecule is CC(C)CCCN1CCCC(=O)c2ccccc21. The third-order valence-electron chi connectivity index (χ3n) is 3.59. The van der Waals surface area contributed by atoms with Gasteiger partial charge in [-0.3, -0.25) is 4.79 Å². The van der Waals surface area contributed by atoms with Gasteiger partial charge in [0.25, 0.3) is 0 Å². The largest absolute Gasteiger partial charge is 0.371 e. The van der Waals surface area contributed by atoms with Crippen molar-refractivity contribution in [3.8, 4) is 0 Å². The first-order valence-corrected chi connectivity index (χ1v) is 7.05. The highest BCUT2D eigenvalue weighted by Gasteiger charge is 2.19. The van der Waals surface area contributed by atoms with Crippen molar-refractivity contribution in [1.82, 2.24) is 0 Å². The topological polar surface area (TPSA) is 20.3 Å². The molecule has 1 aliphatic rings. The first-order chi connectivity index (χ1) is 8.68. The second kappa shape index (κ2) is 6.03. The lowest BCUT2D eigenvalue weighted by molar-refractivity contribution is 0.0984. The first-order valence-electron chi connectivity index (χ1n) is 7.05. The fourth-order valence-corrected chi connectivity index (χ4v) is 2.59. The molecular formula is C16H23NO. The Morgan fingerprint density at radius 2 is 2.06 bits per heavy atom. The Balaban J connectivity index is 2.11. The lowest BCUT2D eigenvalue weighted by Crippen LogP contribution is -2.25. The quantitative estimate of drug-likeness (QED) is 0.801. The summed E-state index contributed by atoms with van der Waals surface area (Å²) in [5.74, 6) is 1.06. The minimum absolute atomic E-state index is 0.303. The van der Waals surface area contributed by atoms with Crippen molar-refractivity contribution in [1.29, 1.82) is 0 Å². The molecule has 0 radical (unpaired) electrons. The van der Waals surface area contributed by atoms with E-state index < -0.39 is 0 Å². The van der Waals surface area contributed by atoms with E-state index in [0.717, 1.165) is 36.7 Å². The van der Waals surface area contributed by atoms with Gasteiger partial charge in [0.15, 0.2) is 5.78 Å². The van der Waals surface area contributed by atoms with Crippen molar-refractivity contribution in [3.63, 3.8) is 0 Å². The van der Waals surface area contributed by atoms with Crippen molar-refractivity contribution < 1.29 is 4.79 Å². The summed E-state index contributed by atoms with van der Waals surface area (Å²) in [7, 11) is 0. The number of carbonyl (C=O) groups excluding carboxylic acids is 1. The molecule has 0 saturated heterocycles. The van der Waals surface area contributed by atoms with Crippen LogP contribution in [0.2, 0.25) is 0 Å². The molecule has 18 heavy (non-hydrogen) atoms. The summed E-state index contributed by atoms with van der Waals surface area (Å²) in [6.07, 6.45) is 4.14. The molecular weight excluding hydrogens is 222 g/mol. The van der Waals surface area contributed by atoms with Crippen molar-refractivity contribution in [2.75, 3.05) is 18.0 Å². The number of para-hydroxylation sites is 1. The van der Waals surface area contributed by atoms with Gasteiger partial charge in [-0.1, -0.05) is 26.0 Å². The predicted octanol–water partition coefficient (Wildman–Crippen LogP) is 3.91. The van der Waals surface area contributed by atoms with Gasteiger partial charge in [0.05, 0.1) is 0 Å². The Labute approximate surface area is 110 Å². The van der Waals surface area contributed by atoms with Crippen molar-refractivity contribution in [3.05, 3.63) is 29.8 Å². The summed E-state index contributed by atoms with van der Waals surface area (Å²) >= 11 is 0. The summed E-state index contributed by atoms with van der Waals surface area (Å²) in [5.41, 5.74) is 2.06. The molecule has 0 saturated carbocycles. The Kier molecular flexibility index (Phi) is 4.40. The van der Waals surface area contributed by atoms with E-state index in [-0.39, 0.29) is 0 Å². The maximum atomic E-state index is 12.0. The number of rotatable bonds is 4. The van der Waals surface area contributed by atoms with E-state index >= 15 is 0 Å². The molecule has 0 unspecified atom stereocenters. The van der Waals surface area contributed by atoms with Crippen LogP contribution in [0.4, 0.5) is 5.69 Å². The summed E-state index contributed by atoms with van der Waals surface area (Å²) in [4.78, 5) is 14.4. The van der Waals surface area contributed by atoms with E-state index in [2.05, 4.69) is 24.8 Å². The van der Waals surface area contributed by atoms with E-state index in [4.69, 9.17) is 0 Å². The summed E-state index contributed by atoms with van der Waals surface area (Å²) in [5, 5.41) is 0. The molecule has 0 aromatic heterocycles. The highest BCUT2D eigenvalue weighted by molar-refractivity contribution is 6.01. The molecule has 0 aliphatic carbocycles. The number of Topliss-reactive ketones (excluding diaryl/α,β-unsaturated/α-hetero) is 1. The number of fused-ring (bicyclic) bond motifs is 1. The molecule has 0 amide bonds.